The van der Waals surface area contributed by atoms with Crippen LogP contribution in [0.25, 0.3) is 10.8 Å². The van der Waals surface area contributed by atoms with Crippen molar-refractivity contribution >= 4 is 56.2 Å². The molecule has 336 valence electrons. The van der Waals surface area contributed by atoms with Gasteiger partial charge in [0.2, 0.25) is 33.6 Å². The lowest BCUT2D eigenvalue weighted by atomic mass is 9.85. The fourth-order valence-electron chi connectivity index (χ4n) is 8.32. The number of nitrogens with zero attached hydrogens (tertiary/aromatic N) is 3. The predicted molar refractivity (Wildman–Crippen MR) is 217 cm³/mol. The molecule has 0 spiro atoms. The number of sulfonamides is 1. The molecule has 2 aliphatic carbocycles. The molecule has 1 aromatic carbocycles. The number of amides is 4. The van der Waals surface area contributed by atoms with Crippen molar-refractivity contribution in [2.24, 2.45) is 17.8 Å². The van der Waals surface area contributed by atoms with Gasteiger partial charge in [-0.05, 0) is 83.3 Å². The molecule has 61 heavy (non-hydrogen) atoms. The molecule has 4 aliphatic rings. The van der Waals surface area contributed by atoms with E-state index in [4.69, 9.17) is 25.8 Å². The summed E-state index contributed by atoms with van der Waals surface area (Å²) in [6.07, 6.45) is -3.14. The van der Waals surface area contributed by atoms with Crippen molar-refractivity contribution in [3.05, 3.63) is 41.4 Å². The number of carboxylic acid groups (broad SMARTS) is 1. The molecule has 15 nitrogen and oxygen atoms in total. The average molecular weight is 900 g/mol. The van der Waals surface area contributed by atoms with E-state index in [0.29, 0.717) is 55.3 Å². The Labute approximate surface area is 357 Å². The number of aromatic nitrogens is 1. The Kier molecular flexibility index (Phi) is 12.9. The van der Waals surface area contributed by atoms with Crippen LogP contribution in [0, 0.1) is 17.8 Å². The second kappa shape index (κ2) is 17.1. The van der Waals surface area contributed by atoms with Gasteiger partial charge in [-0.15, -0.1) is 0 Å². The number of alkyl halides is 3. The van der Waals surface area contributed by atoms with Crippen LogP contribution in [0.3, 0.4) is 0 Å². The monoisotopic (exact) mass is 899 g/mol. The van der Waals surface area contributed by atoms with E-state index in [1.807, 2.05) is 6.92 Å². The van der Waals surface area contributed by atoms with Crippen LogP contribution >= 0.6 is 11.6 Å². The summed E-state index contributed by atoms with van der Waals surface area (Å²) in [4.78, 5) is 62.4. The van der Waals surface area contributed by atoms with Crippen molar-refractivity contribution in [2.45, 2.75) is 120 Å². The number of nitrogens with one attached hydrogen (secondary N) is 2. The number of fused-ring (bicyclic) bond motifs is 3. The Balaban J connectivity index is 1.44. The maximum absolute atomic E-state index is 15.1. The highest BCUT2D eigenvalue weighted by atomic mass is 35.5. The molecular formula is C41H53ClF3N5O10S. The van der Waals surface area contributed by atoms with Crippen molar-refractivity contribution < 1.29 is 60.1 Å². The van der Waals surface area contributed by atoms with Crippen LogP contribution in [-0.4, -0.2) is 119 Å². The van der Waals surface area contributed by atoms with Gasteiger partial charge in [0.25, 0.3) is 5.91 Å². The highest BCUT2D eigenvalue weighted by Crippen LogP contribution is 2.48. The first kappa shape index (κ1) is 46.2. The Bertz CT molecular complexity index is 2190. The van der Waals surface area contributed by atoms with Crippen molar-refractivity contribution in [1.29, 1.82) is 0 Å². The van der Waals surface area contributed by atoms with Gasteiger partial charge in [0, 0.05) is 41.3 Å². The molecule has 2 aliphatic heterocycles. The summed E-state index contributed by atoms with van der Waals surface area (Å²) in [5, 5.41) is 14.5. The van der Waals surface area contributed by atoms with Gasteiger partial charge in [-0.3, -0.25) is 24.0 Å². The number of hydrogen-bond donors (Lipinski definition) is 3. The van der Waals surface area contributed by atoms with E-state index in [1.54, 1.807) is 36.4 Å². The lowest BCUT2D eigenvalue weighted by Gasteiger charge is -2.45. The van der Waals surface area contributed by atoms with Crippen LogP contribution in [0.4, 0.5) is 18.0 Å². The van der Waals surface area contributed by atoms with Crippen LogP contribution in [0.1, 0.15) is 79.6 Å². The zero-order chi connectivity index (χ0) is 44.9. The van der Waals surface area contributed by atoms with Crippen LogP contribution in [0.5, 0.6) is 11.8 Å². The predicted octanol–water partition coefficient (Wildman–Crippen LogP) is 5.84. The summed E-state index contributed by atoms with van der Waals surface area (Å²) in [7, 11) is -2.65. The summed E-state index contributed by atoms with van der Waals surface area (Å²) in [5.74, 6) is -4.66. The van der Waals surface area contributed by atoms with Gasteiger partial charge in [0.1, 0.15) is 35.9 Å². The molecule has 3 fully saturated rings. The van der Waals surface area contributed by atoms with E-state index in [2.05, 4.69) is 15.0 Å². The number of allylic oxidation sites excluding steroid dienone is 1. The molecule has 4 amide bonds. The first-order valence-electron chi connectivity index (χ1n) is 20.3. The first-order chi connectivity index (χ1) is 28.5. The lowest BCUT2D eigenvalue weighted by molar-refractivity contribution is -0.222. The van der Waals surface area contributed by atoms with Crippen LogP contribution in [0.15, 0.2) is 36.4 Å². The van der Waals surface area contributed by atoms with Gasteiger partial charge in [-0.2, -0.15) is 18.2 Å². The molecular weight excluding hydrogens is 847 g/mol. The molecule has 1 saturated heterocycles. The van der Waals surface area contributed by atoms with E-state index >= 15 is 4.79 Å². The van der Waals surface area contributed by atoms with Gasteiger partial charge in [0.05, 0.1) is 17.9 Å². The minimum Gasteiger partial charge on any atom is -0.475 e. The fraction of sp³-hybridized carbons (Fsp3) is 0.634. The number of hydrogen-bond acceptors (Lipinski definition) is 10. The third kappa shape index (κ3) is 9.24. The zero-order valence-electron chi connectivity index (χ0n) is 34.9. The number of methoxy groups -OCH3 is 1. The van der Waals surface area contributed by atoms with Crippen molar-refractivity contribution in [3.63, 3.8) is 0 Å². The summed E-state index contributed by atoms with van der Waals surface area (Å²) < 4.78 is 89.1. The van der Waals surface area contributed by atoms with E-state index in [0.717, 1.165) is 4.90 Å². The Morgan fingerprint density at radius 2 is 1.84 bits per heavy atom. The molecule has 0 unspecified atom stereocenters. The van der Waals surface area contributed by atoms with E-state index < -0.39 is 92.4 Å². The highest BCUT2D eigenvalue weighted by molar-refractivity contribution is 7.91. The number of ether oxygens (including phenoxy) is 3. The molecule has 0 radical (unpaired) electrons. The number of pyridine rings is 1. The molecule has 0 bridgehead atoms. The minimum absolute atomic E-state index is 0.000791. The number of carbonyl (C=O) groups is 4. The second-order valence-corrected chi connectivity index (χ2v) is 20.2. The SMILES string of the molecule is COCCOc1cc2c(Cl)cccc2c(O[C@@H]2C[C@H]3C(=O)N[C@]4(C(=O)NS(=O)(=O)C5(C)CC5)C[C@H]4C=CCC[C@@H](C)C[C@@H](C)[C@H](N(C(=O)O)C(C)(C)C(F)(F)F)C(=O)N3C2)n1. The lowest BCUT2D eigenvalue weighted by Crippen LogP contribution is -2.66. The smallest absolute Gasteiger partial charge is 0.411 e. The van der Waals surface area contributed by atoms with Crippen molar-refractivity contribution in [2.75, 3.05) is 26.9 Å². The fourth-order valence-corrected chi connectivity index (χ4v) is 9.86. The molecule has 1 aromatic heterocycles. The standard InChI is InChI=1S/C41H53ClF3N5O10S/c1-23-10-7-8-11-25-21-40(25,36(53)48-61(56,57)39(5)14-15-39)47-33(51)30-19-26(60-34-27-12-9-13-29(42)28(27)20-31(46-34)59-17-16-58-6)22-49(30)35(52)32(24(2)18-23)50(37(54)55)38(3,4)41(43,44)45/h8-9,11-13,20,23-26,30,32H,7,10,14-19,21-22H2,1-6H3,(H,47,51)(H,48,53)(H,54,55)/t23-,24-,25-,26-,30+,32+,40-/m1/s1. The minimum atomic E-state index is -5.12. The number of benzene rings is 1. The van der Waals surface area contributed by atoms with Crippen molar-refractivity contribution in [1.82, 2.24) is 24.8 Å². The highest BCUT2D eigenvalue weighted by Gasteiger charge is 2.64. The number of halogens is 4. The van der Waals surface area contributed by atoms with Crippen LogP contribution < -0.4 is 19.5 Å². The summed E-state index contributed by atoms with van der Waals surface area (Å²) in [6.45, 7) is 6.15. The van der Waals surface area contributed by atoms with E-state index in [9.17, 15) is 41.1 Å². The zero-order valence-corrected chi connectivity index (χ0v) is 36.5. The third-order valence-electron chi connectivity index (χ3n) is 12.6. The molecule has 6 rings (SSSR count). The molecule has 3 N–H and O–H groups in total. The Morgan fingerprint density at radius 3 is 2.48 bits per heavy atom. The quantitative estimate of drug-likeness (QED) is 0.181. The number of rotatable bonds is 11. The summed E-state index contributed by atoms with van der Waals surface area (Å²) >= 11 is 6.56. The van der Waals surface area contributed by atoms with E-state index in [-0.39, 0.29) is 55.1 Å². The third-order valence-corrected chi connectivity index (χ3v) is 15.1. The van der Waals surface area contributed by atoms with Gasteiger partial charge < -0.3 is 29.5 Å². The molecule has 2 aromatic rings. The normalized spacial score (nSPS) is 28.1. The van der Waals surface area contributed by atoms with Crippen LogP contribution in [0.2, 0.25) is 5.02 Å². The van der Waals surface area contributed by atoms with Crippen molar-refractivity contribution in [3.8, 4) is 11.8 Å². The van der Waals surface area contributed by atoms with E-state index in [1.165, 1.54) is 21.0 Å². The van der Waals surface area contributed by atoms with Gasteiger partial charge in [0.15, 0.2) is 0 Å². The Morgan fingerprint density at radius 1 is 1.13 bits per heavy atom. The molecule has 7 atom stereocenters. The topological polar surface area (TPSA) is 194 Å². The number of carbonyl (C=O) groups excluding carboxylic acids is 3. The molecule has 20 heteroatoms. The average Bonchev–Trinajstić information content (AvgIpc) is 4.05. The maximum Gasteiger partial charge on any atom is 0.411 e. The largest absolute Gasteiger partial charge is 0.475 e. The maximum atomic E-state index is 15.1. The van der Waals surface area contributed by atoms with Gasteiger partial charge in [-0.25, -0.2) is 13.2 Å². The second-order valence-electron chi connectivity index (χ2n) is 17.6. The van der Waals surface area contributed by atoms with Gasteiger partial charge >= 0.3 is 12.3 Å². The van der Waals surface area contributed by atoms with Crippen LogP contribution in [-0.2, 0) is 29.1 Å². The Hall–Kier alpha value is -4.36. The summed E-state index contributed by atoms with van der Waals surface area (Å²) in [5.41, 5.74) is -4.81. The molecule has 3 heterocycles. The first-order valence-corrected chi connectivity index (χ1v) is 22.1. The van der Waals surface area contributed by atoms with Gasteiger partial charge in [-0.1, -0.05) is 43.7 Å². The summed E-state index contributed by atoms with van der Waals surface area (Å²) in [6, 6.07) is 3.12. The molecule has 2 saturated carbocycles.